The van der Waals surface area contributed by atoms with Crippen LogP contribution in [0.15, 0.2) is 182 Å². The van der Waals surface area contributed by atoms with Crippen LogP contribution in [-0.2, 0) is 5.41 Å². The van der Waals surface area contributed by atoms with E-state index in [1.54, 1.807) is 0 Å². The van der Waals surface area contributed by atoms with Gasteiger partial charge in [0.1, 0.15) is 0 Å². The van der Waals surface area contributed by atoms with Gasteiger partial charge in [-0.2, -0.15) is 0 Å². The van der Waals surface area contributed by atoms with Gasteiger partial charge < -0.3 is 0 Å². The first-order chi connectivity index (χ1) is 26.0. The summed E-state index contributed by atoms with van der Waals surface area (Å²) in [6.45, 7) is 4.75. The summed E-state index contributed by atoms with van der Waals surface area (Å²) in [6.07, 6.45) is 0. The van der Waals surface area contributed by atoms with E-state index in [2.05, 4.69) is 196 Å². The number of rotatable bonds is 3. The van der Waals surface area contributed by atoms with E-state index in [1.807, 2.05) is 0 Å². The Hall–Kier alpha value is -6.50. The molecule has 0 bridgehead atoms. The minimum Gasteiger partial charge on any atom is -0.0616 e. The fourth-order valence-corrected chi connectivity index (χ4v) is 9.44. The summed E-state index contributed by atoms with van der Waals surface area (Å²) in [5, 5.41) is 12.8. The second kappa shape index (κ2) is 11.2. The van der Waals surface area contributed by atoms with Crippen molar-refractivity contribution < 1.29 is 0 Å². The molecule has 0 aliphatic heterocycles. The van der Waals surface area contributed by atoms with Gasteiger partial charge in [-0.3, -0.25) is 0 Å². The average molecular weight is 673 g/mol. The van der Waals surface area contributed by atoms with Crippen molar-refractivity contribution in [3.8, 4) is 44.5 Å². The van der Waals surface area contributed by atoms with Gasteiger partial charge in [-0.25, -0.2) is 0 Å². The fourth-order valence-electron chi connectivity index (χ4n) is 9.44. The molecule has 53 heavy (non-hydrogen) atoms. The normalized spacial score (nSPS) is 13.2. The maximum atomic E-state index is 2.41. The van der Waals surface area contributed by atoms with Gasteiger partial charge in [-0.05, 0) is 128 Å². The largest absolute Gasteiger partial charge is 0.0616 e. The van der Waals surface area contributed by atoms with E-state index < -0.39 is 0 Å². The molecule has 0 radical (unpaired) electrons. The molecule has 0 heterocycles. The van der Waals surface area contributed by atoms with Crippen molar-refractivity contribution >= 4 is 53.9 Å². The van der Waals surface area contributed by atoms with Gasteiger partial charge >= 0.3 is 0 Å². The Morgan fingerprint density at radius 2 is 0.774 bits per heavy atom. The minimum absolute atomic E-state index is 0.0671. The maximum Gasteiger partial charge on any atom is 0.0159 e. The van der Waals surface area contributed by atoms with E-state index in [1.165, 1.54) is 109 Å². The van der Waals surface area contributed by atoms with E-state index in [-0.39, 0.29) is 5.41 Å². The lowest BCUT2D eigenvalue weighted by Crippen LogP contribution is -2.14. The third-order valence-electron chi connectivity index (χ3n) is 12.0. The smallest absolute Gasteiger partial charge is 0.0159 e. The predicted molar refractivity (Wildman–Crippen MR) is 228 cm³/mol. The van der Waals surface area contributed by atoms with E-state index >= 15 is 0 Å². The summed E-state index contributed by atoms with van der Waals surface area (Å²) in [5.41, 5.74) is 13.1. The minimum atomic E-state index is -0.0671. The summed E-state index contributed by atoms with van der Waals surface area (Å²) in [6, 6.07) is 67.9. The lowest BCUT2D eigenvalue weighted by atomic mass is 9.81. The lowest BCUT2D eigenvalue weighted by Gasteiger charge is -2.22. The van der Waals surface area contributed by atoms with E-state index in [4.69, 9.17) is 0 Å². The summed E-state index contributed by atoms with van der Waals surface area (Å²) in [5.74, 6) is 0. The van der Waals surface area contributed by atoms with Crippen molar-refractivity contribution in [2.24, 2.45) is 0 Å². The van der Waals surface area contributed by atoms with Gasteiger partial charge in [0.15, 0.2) is 0 Å². The summed E-state index contributed by atoms with van der Waals surface area (Å²) >= 11 is 0. The lowest BCUT2D eigenvalue weighted by molar-refractivity contribution is 0.661. The van der Waals surface area contributed by atoms with E-state index in [0.29, 0.717) is 0 Å². The molecule has 0 saturated heterocycles. The van der Waals surface area contributed by atoms with Gasteiger partial charge in [0, 0.05) is 5.41 Å². The number of hydrogen-bond acceptors (Lipinski definition) is 0. The molecule has 0 nitrogen and oxygen atoms in total. The van der Waals surface area contributed by atoms with Crippen LogP contribution in [-0.4, -0.2) is 0 Å². The van der Waals surface area contributed by atoms with Crippen molar-refractivity contribution in [2.45, 2.75) is 19.3 Å². The highest BCUT2D eigenvalue weighted by Gasteiger charge is 2.37. The molecule has 0 fully saturated rings. The molecular weight excluding hydrogens is 637 g/mol. The first-order valence-corrected chi connectivity index (χ1v) is 18.7. The number of fused-ring (bicyclic) bond motifs is 9. The Morgan fingerprint density at radius 3 is 1.43 bits per heavy atom. The zero-order valence-electron chi connectivity index (χ0n) is 29.8. The average Bonchev–Trinajstić information content (AvgIpc) is 3.44. The maximum absolute atomic E-state index is 2.41. The molecule has 10 aromatic rings. The zero-order valence-corrected chi connectivity index (χ0v) is 29.8. The first-order valence-electron chi connectivity index (χ1n) is 18.7. The van der Waals surface area contributed by atoms with Gasteiger partial charge in [0.25, 0.3) is 0 Å². The van der Waals surface area contributed by atoms with Gasteiger partial charge in [-0.1, -0.05) is 178 Å². The Balaban J connectivity index is 1.09. The van der Waals surface area contributed by atoms with Crippen LogP contribution in [0.2, 0.25) is 0 Å². The van der Waals surface area contributed by atoms with Crippen LogP contribution in [0.25, 0.3) is 98.4 Å². The monoisotopic (exact) mass is 672 g/mol. The van der Waals surface area contributed by atoms with Gasteiger partial charge in [-0.15, -0.1) is 0 Å². The second-order valence-electron chi connectivity index (χ2n) is 15.2. The molecule has 248 valence electrons. The topological polar surface area (TPSA) is 0 Å². The third kappa shape index (κ3) is 4.42. The van der Waals surface area contributed by atoms with Crippen molar-refractivity contribution in [3.63, 3.8) is 0 Å². The molecule has 0 spiro atoms. The third-order valence-corrected chi connectivity index (χ3v) is 12.0. The predicted octanol–water partition coefficient (Wildman–Crippen LogP) is 14.8. The van der Waals surface area contributed by atoms with Crippen molar-refractivity contribution in [1.82, 2.24) is 0 Å². The Bertz CT molecular complexity index is 3060. The molecule has 11 rings (SSSR count). The van der Waals surface area contributed by atoms with Gasteiger partial charge in [0.2, 0.25) is 0 Å². The fraction of sp³-hybridized carbons (Fsp3) is 0.0566. The quantitative estimate of drug-likeness (QED) is 0.129. The van der Waals surface area contributed by atoms with Crippen LogP contribution >= 0.6 is 0 Å². The van der Waals surface area contributed by atoms with Crippen LogP contribution in [0.3, 0.4) is 0 Å². The standard InChI is InChI=1S/C53H36/c1-53(2)48-21-11-20-41(52(48)47-30-37-13-3-4-14-38(37)32-49(47)53)34-24-27-36(28-25-34)50-42-16-7-9-18-44(42)51(45-19-10-8-17-43(45)50)39-29-26-35-23-22-33-12-5-6-15-40(33)46(35)31-39/h3-32H,1-2H3. The molecule has 0 atom stereocenters. The van der Waals surface area contributed by atoms with Crippen molar-refractivity contribution in [2.75, 3.05) is 0 Å². The highest BCUT2D eigenvalue weighted by atomic mass is 14.4. The van der Waals surface area contributed by atoms with Crippen LogP contribution in [0, 0.1) is 0 Å². The first kappa shape index (κ1) is 30.2. The molecule has 0 heteroatoms. The Kier molecular flexibility index (Phi) is 6.40. The van der Waals surface area contributed by atoms with Crippen molar-refractivity contribution in [3.05, 3.63) is 193 Å². The van der Waals surface area contributed by atoms with Crippen LogP contribution < -0.4 is 0 Å². The number of benzene rings is 10. The van der Waals surface area contributed by atoms with Crippen molar-refractivity contribution in [1.29, 1.82) is 0 Å². The van der Waals surface area contributed by atoms with E-state index in [9.17, 15) is 0 Å². The second-order valence-corrected chi connectivity index (χ2v) is 15.2. The van der Waals surface area contributed by atoms with Gasteiger partial charge in [0.05, 0.1) is 0 Å². The molecular formula is C53H36. The zero-order chi connectivity index (χ0) is 35.3. The summed E-state index contributed by atoms with van der Waals surface area (Å²) < 4.78 is 0. The molecule has 0 N–H and O–H groups in total. The molecule has 1 aliphatic rings. The molecule has 10 aromatic carbocycles. The highest BCUT2D eigenvalue weighted by molar-refractivity contribution is 6.22. The van der Waals surface area contributed by atoms with E-state index in [0.717, 1.165) is 0 Å². The molecule has 0 amide bonds. The molecule has 0 saturated carbocycles. The summed E-state index contributed by atoms with van der Waals surface area (Å²) in [4.78, 5) is 0. The number of hydrogen-bond donors (Lipinski definition) is 0. The van der Waals surface area contributed by atoms with Crippen LogP contribution in [0.5, 0.6) is 0 Å². The highest BCUT2D eigenvalue weighted by Crippen LogP contribution is 2.53. The molecule has 0 unspecified atom stereocenters. The summed E-state index contributed by atoms with van der Waals surface area (Å²) in [7, 11) is 0. The SMILES string of the molecule is CC1(C)c2cc3ccccc3cc2-c2c(-c3ccc(-c4c5ccccc5c(-c5ccc6ccc7ccccc7c6c5)c5ccccc45)cc3)cccc21. The van der Waals surface area contributed by atoms with Crippen LogP contribution in [0.1, 0.15) is 25.0 Å². The molecule has 0 aromatic heterocycles. The molecule has 1 aliphatic carbocycles. The Morgan fingerprint density at radius 1 is 0.283 bits per heavy atom. The Labute approximate surface area is 309 Å². The van der Waals surface area contributed by atoms with Crippen LogP contribution in [0.4, 0.5) is 0 Å².